The van der Waals surface area contributed by atoms with Crippen LogP contribution < -0.4 is 0 Å². The van der Waals surface area contributed by atoms with E-state index in [2.05, 4.69) is 141 Å². The molecule has 0 bridgehead atoms. The second-order valence-electron chi connectivity index (χ2n) is 6.78. The van der Waals surface area contributed by atoms with Crippen molar-refractivity contribution in [2.75, 3.05) is 0 Å². The lowest BCUT2D eigenvalue weighted by Gasteiger charge is -2.37. The molecule has 0 aromatic heterocycles. The van der Waals surface area contributed by atoms with Gasteiger partial charge in [0.15, 0.2) is 0 Å². The summed E-state index contributed by atoms with van der Waals surface area (Å²) in [4.78, 5) is 0. The van der Waals surface area contributed by atoms with Crippen molar-refractivity contribution in [3.05, 3.63) is 136 Å². The van der Waals surface area contributed by atoms with Gasteiger partial charge in [0.2, 0.25) is 0 Å². The Balaban J connectivity index is 2.11. The summed E-state index contributed by atoms with van der Waals surface area (Å²) in [5, 5.41) is 0. The Bertz CT molecular complexity index is 913. The van der Waals surface area contributed by atoms with Crippen molar-refractivity contribution in [1.82, 2.24) is 0 Å². The molecule has 0 unspecified atom stereocenters. The molecule has 4 aromatic carbocycles. The van der Waals surface area contributed by atoms with Gasteiger partial charge in [0, 0.05) is 10.7 Å². The van der Waals surface area contributed by atoms with Crippen LogP contribution >= 0.6 is 67.8 Å². The molecule has 0 saturated heterocycles. The van der Waals surface area contributed by atoms with Crippen LogP contribution in [0.5, 0.6) is 0 Å². The number of hydrogen-bond donors (Lipinski definition) is 0. The number of benzene rings is 4. The lowest BCUT2D eigenvalue weighted by atomic mass is 9.65. The first-order valence-electron chi connectivity index (χ1n) is 9.04. The van der Waals surface area contributed by atoms with Crippen molar-refractivity contribution in [3.63, 3.8) is 0 Å². The van der Waals surface area contributed by atoms with Crippen molar-refractivity contribution >= 4 is 67.8 Å². The van der Waals surface area contributed by atoms with Crippen LogP contribution in [0.15, 0.2) is 97.1 Å². The molecule has 0 radical (unpaired) electrons. The van der Waals surface area contributed by atoms with E-state index in [9.17, 15) is 4.39 Å². The lowest BCUT2D eigenvalue weighted by molar-refractivity contribution is 0.624. The van der Waals surface area contributed by atoms with Crippen LogP contribution in [0.2, 0.25) is 0 Å². The number of hydrogen-bond acceptors (Lipinski definition) is 0. The average molecular weight is 716 g/mol. The molecule has 0 aliphatic carbocycles. The van der Waals surface area contributed by atoms with Gasteiger partial charge < -0.3 is 0 Å². The first-order chi connectivity index (χ1) is 14.0. The molecule has 4 heteroatoms. The molecule has 4 rings (SSSR count). The Labute approximate surface area is 211 Å². The summed E-state index contributed by atoms with van der Waals surface area (Å²) < 4.78 is 17.4. The van der Waals surface area contributed by atoms with E-state index in [4.69, 9.17) is 0 Å². The second kappa shape index (κ2) is 9.01. The van der Waals surface area contributed by atoms with Gasteiger partial charge in [-0.25, -0.2) is 4.39 Å². The lowest BCUT2D eigenvalue weighted by Crippen LogP contribution is -2.31. The fourth-order valence-electron chi connectivity index (χ4n) is 3.80. The predicted octanol–water partition coefficient (Wildman–Crippen LogP) is 8.02. The van der Waals surface area contributed by atoms with Crippen LogP contribution in [-0.4, -0.2) is 0 Å². The zero-order valence-corrected chi connectivity index (χ0v) is 21.7. The van der Waals surface area contributed by atoms with Crippen LogP contribution in [0.3, 0.4) is 0 Å². The van der Waals surface area contributed by atoms with E-state index in [-0.39, 0.29) is 5.82 Å². The van der Waals surface area contributed by atoms with Crippen molar-refractivity contribution in [1.29, 1.82) is 0 Å². The van der Waals surface area contributed by atoms with Gasteiger partial charge in [-0.3, -0.25) is 0 Å². The quantitative estimate of drug-likeness (QED) is 0.148. The van der Waals surface area contributed by atoms with Gasteiger partial charge in [-0.1, -0.05) is 48.5 Å². The van der Waals surface area contributed by atoms with E-state index in [1.165, 1.54) is 10.7 Å². The van der Waals surface area contributed by atoms with Crippen molar-refractivity contribution < 1.29 is 4.39 Å². The highest BCUT2D eigenvalue weighted by atomic mass is 127. The Morgan fingerprint density at radius 1 is 0.414 bits per heavy atom. The maximum Gasteiger partial charge on any atom is 0.123 e. The van der Waals surface area contributed by atoms with Crippen molar-refractivity contribution in [2.24, 2.45) is 0 Å². The minimum Gasteiger partial charge on any atom is -0.207 e. The normalized spacial score (nSPS) is 11.4. The minimum atomic E-state index is -0.535. The van der Waals surface area contributed by atoms with Gasteiger partial charge in [0.05, 0.1) is 5.41 Å². The molecule has 0 N–H and O–H groups in total. The molecule has 0 nitrogen and oxygen atoms in total. The third kappa shape index (κ3) is 4.25. The van der Waals surface area contributed by atoms with E-state index in [0.29, 0.717) is 0 Å². The van der Waals surface area contributed by atoms with Gasteiger partial charge in [-0.05, 0) is 139 Å². The zero-order valence-electron chi connectivity index (χ0n) is 15.2. The number of halogens is 4. The van der Waals surface area contributed by atoms with Crippen LogP contribution in [0.1, 0.15) is 22.3 Å². The van der Waals surface area contributed by atoms with Gasteiger partial charge in [0.25, 0.3) is 0 Å². The average Bonchev–Trinajstić information content (AvgIpc) is 2.73. The molecule has 0 aliphatic rings. The Morgan fingerprint density at radius 3 is 0.931 bits per heavy atom. The van der Waals surface area contributed by atoms with Crippen LogP contribution in [0.25, 0.3) is 0 Å². The summed E-state index contributed by atoms with van der Waals surface area (Å²) in [5.41, 5.74) is 3.99. The van der Waals surface area contributed by atoms with E-state index >= 15 is 0 Å². The maximum absolute atomic E-state index is 13.8. The second-order valence-corrected chi connectivity index (χ2v) is 10.5. The first-order valence-corrected chi connectivity index (χ1v) is 12.3. The standard InChI is InChI=1S/C25H16FI3/c26-21-9-1-17(2-10-21)25(18-3-11-22(27)12-4-18,19-5-13-23(28)14-6-19)20-7-15-24(29)16-8-20/h1-16H. The third-order valence-corrected chi connectivity index (χ3v) is 7.27. The van der Waals surface area contributed by atoms with Crippen LogP contribution in [0, 0.1) is 16.5 Å². The molecule has 0 amide bonds. The van der Waals surface area contributed by atoms with E-state index < -0.39 is 5.41 Å². The molecule has 0 atom stereocenters. The van der Waals surface area contributed by atoms with Gasteiger partial charge in [-0.15, -0.1) is 0 Å². The van der Waals surface area contributed by atoms with E-state index in [1.807, 2.05) is 12.1 Å². The summed E-state index contributed by atoms with van der Waals surface area (Å²) in [7, 11) is 0. The van der Waals surface area contributed by atoms with Crippen molar-refractivity contribution in [3.8, 4) is 0 Å². The van der Waals surface area contributed by atoms with Gasteiger partial charge >= 0.3 is 0 Å². The third-order valence-electron chi connectivity index (χ3n) is 5.11. The van der Waals surface area contributed by atoms with Crippen LogP contribution in [0.4, 0.5) is 4.39 Å². The fourth-order valence-corrected chi connectivity index (χ4v) is 4.88. The SMILES string of the molecule is Fc1ccc(C(c2ccc(I)cc2)(c2ccc(I)cc2)c2ccc(I)cc2)cc1. The molecule has 0 spiro atoms. The first kappa shape index (κ1) is 21.2. The monoisotopic (exact) mass is 716 g/mol. The molecule has 144 valence electrons. The minimum absolute atomic E-state index is 0.226. The highest BCUT2D eigenvalue weighted by molar-refractivity contribution is 14.1. The zero-order chi connectivity index (χ0) is 20.4. The fraction of sp³-hybridized carbons (Fsp3) is 0.0400. The molecule has 0 heterocycles. The highest BCUT2D eigenvalue weighted by Gasteiger charge is 2.38. The highest BCUT2D eigenvalue weighted by Crippen LogP contribution is 2.45. The Morgan fingerprint density at radius 2 is 0.655 bits per heavy atom. The molecule has 29 heavy (non-hydrogen) atoms. The Hall–Kier alpha value is -1.00. The van der Waals surface area contributed by atoms with Crippen molar-refractivity contribution in [2.45, 2.75) is 5.41 Å². The summed E-state index contributed by atoms with van der Waals surface area (Å²) in [6.45, 7) is 0. The largest absolute Gasteiger partial charge is 0.207 e. The summed E-state index contributed by atoms with van der Waals surface area (Å²) in [6.07, 6.45) is 0. The molecule has 4 aromatic rings. The molecule has 0 fully saturated rings. The maximum atomic E-state index is 13.8. The molecular weight excluding hydrogens is 700 g/mol. The van der Waals surface area contributed by atoms with Gasteiger partial charge in [-0.2, -0.15) is 0 Å². The summed E-state index contributed by atoms with van der Waals surface area (Å²) in [6, 6.07) is 32.8. The van der Waals surface area contributed by atoms with Gasteiger partial charge in [0.1, 0.15) is 5.82 Å². The van der Waals surface area contributed by atoms with Crippen LogP contribution in [-0.2, 0) is 5.41 Å². The topological polar surface area (TPSA) is 0 Å². The Kier molecular flexibility index (Phi) is 6.60. The van der Waals surface area contributed by atoms with E-state index in [1.54, 1.807) is 12.1 Å². The van der Waals surface area contributed by atoms with E-state index in [0.717, 1.165) is 22.3 Å². The number of rotatable bonds is 4. The predicted molar refractivity (Wildman–Crippen MR) is 143 cm³/mol. The molecule has 0 saturated carbocycles. The summed E-state index contributed by atoms with van der Waals surface area (Å²) >= 11 is 6.99. The molecular formula is C25H16FI3. The molecule has 0 aliphatic heterocycles. The smallest absolute Gasteiger partial charge is 0.123 e. The summed E-state index contributed by atoms with van der Waals surface area (Å²) in [5.74, 6) is -0.226.